The zero-order valence-electron chi connectivity index (χ0n) is 19.4. The summed E-state index contributed by atoms with van der Waals surface area (Å²) in [7, 11) is 0. The van der Waals surface area contributed by atoms with Gasteiger partial charge in [0.25, 0.3) is 5.56 Å². The summed E-state index contributed by atoms with van der Waals surface area (Å²) in [4.78, 5) is 19.0. The first-order valence-electron chi connectivity index (χ1n) is 11.5. The summed E-state index contributed by atoms with van der Waals surface area (Å²) < 4.78 is 1.92. The van der Waals surface area contributed by atoms with Crippen molar-refractivity contribution in [1.29, 1.82) is 0 Å². The number of H-pyrrole nitrogens is 1. The van der Waals surface area contributed by atoms with Crippen molar-refractivity contribution >= 4 is 10.9 Å². The van der Waals surface area contributed by atoms with Gasteiger partial charge < -0.3 is 4.98 Å². The second-order valence-corrected chi connectivity index (χ2v) is 9.57. The van der Waals surface area contributed by atoms with Crippen LogP contribution in [-0.4, -0.2) is 43.2 Å². The maximum atomic E-state index is 13.4. The van der Waals surface area contributed by atoms with E-state index in [9.17, 15) is 4.79 Å². The maximum absolute atomic E-state index is 13.4. The first kappa shape index (κ1) is 21.7. The number of benzene rings is 1. The van der Waals surface area contributed by atoms with Crippen LogP contribution in [0.5, 0.6) is 0 Å². The van der Waals surface area contributed by atoms with Crippen LogP contribution in [0.4, 0.5) is 0 Å². The van der Waals surface area contributed by atoms with E-state index in [-0.39, 0.29) is 17.1 Å². The molecule has 1 fully saturated rings. The van der Waals surface area contributed by atoms with Gasteiger partial charge in [-0.1, -0.05) is 31.4 Å². The summed E-state index contributed by atoms with van der Waals surface area (Å²) in [5, 5.41) is 13.9. The summed E-state index contributed by atoms with van der Waals surface area (Å²) >= 11 is 0. The van der Waals surface area contributed by atoms with Crippen LogP contribution >= 0.6 is 0 Å². The third kappa shape index (κ3) is 4.15. The Morgan fingerprint density at radius 1 is 1.10 bits per heavy atom. The molecular weight excluding hydrogens is 388 g/mol. The molecule has 0 radical (unpaired) electrons. The molecule has 0 amide bonds. The molecule has 7 heteroatoms. The van der Waals surface area contributed by atoms with E-state index in [0.29, 0.717) is 0 Å². The number of tetrazole rings is 1. The Morgan fingerprint density at radius 3 is 2.48 bits per heavy atom. The number of fused-ring (bicyclic) bond motifs is 1. The average molecular weight is 423 g/mol. The molecule has 1 saturated heterocycles. The summed E-state index contributed by atoms with van der Waals surface area (Å²) in [5.41, 5.74) is 3.61. The Bertz CT molecular complexity index is 1120. The lowest BCUT2D eigenvalue weighted by molar-refractivity contribution is 0.202. The van der Waals surface area contributed by atoms with Gasteiger partial charge >= 0.3 is 0 Å². The molecule has 0 aliphatic carbocycles. The molecule has 0 spiro atoms. The van der Waals surface area contributed by atoms with Crippen molar-refractivity contribution in [3.8, 4) is 0 Å². The van der Waals surface area contributed by atoms with E-state index in [0.717, 1.165) is 60.2 Å². The lowest BCUT2D eigenvalue weighted by Crippen LogP contribution is -2.38. The van der Waals surface area contributed by atoms with Gasteiger partial charge in [-0.2, -0.15) is 0 Å². The number of hydrogen-bond acceptors (Lipinski definition) is 5. The Balaban J connectivity index is 1.93. The predicted octanol–water partition coefficient (Wildman–Crippen LogP) is 4.24. The molecule has 1 aromatic carbocycles. The van der Waals surface area contributed by atoms with E-state index in [1.807, 2.05) is 11.6 Å². The molecule has 0 saturated carbocycles. The highest BCUT2D eigenvalue weighted by atomic mass is 16.1. The van der Waals surface area contributed by atoms with Crippen LogP contribution in [0, 0.1) is 13.8 Å². The number of nitrogens with one attached hydrogen (secondary N) is 1. The summed E-state index contributed by atoms with van der Waals surface area (Å²) in [6, 6.07) is 6.03. The smallest absolute Gasteiger partial charge is 0.253 e. The summed E-state index contributed by atoms with van der Waals surface area (Å²) in [5.74, 6) is 0.753. The Labute approximate surface area is 183 Å². The highest BCUT2D eigenvalue weighted by Crippen LogP contribution is 2.32. The molecule has 1 aliphatic heterocycles. The molecule has 7 nitrogen and oxygen atoms in total. The molecule has 0 bridgehead atoms. The SMILES string of the molecule is CCC(C)(C)n1nnnc1[C@H](c1cc2cc(C)cc(C)c2[nH]c1=O)N1CCCCCC1. The molecule has 3 heterocycles. The van der Waals surface area contributed by atoms with Gasteiger partial charge in [0, 0.05) is 5.56 Å². The number of aromatic amines is 1. The molecule has 31 heavy (non-hydrogen) atoms. The minimum Gasteiger partial charge on any atom is -0.321 e. The van der Waals surface area contributed by atoms with Gasteiger partial charge in [-0.25, -0.2) is 4.68 Å². The zero-order chi connectivity index (χ0) is 22.2. The van der Waals surface area contributed by atoms with E-state index in [1.54, 1.807) is 0 Å². The van der Waals surface area contributed by atoms with Crippen molar-refractivity contribution in [2.75, 3.05) is 13.1 Å². The maximum Gasteiger partial charge on any atom is 0.253 e. The number of likely N-dealkylation sites (tertiary alicyclic amines) is 1. The standard InChI is InChI=1S/C24H34N6O/c1-6-24(4,5)30-22(26-27-28-30)21(29-11-9-7-8-10-12-29)19-15-18-14-16(2)13-17(3)20(18)25-23(19)31/h13-15,21H,6-12H2,1-5H3,(H,25,31)/t21-/m0/s1. The van der Waals surface area contributed by atoms with E-state index in [2.05, 4.69) is 71.3 Å². The fraction of sp³-hybridized carbons (Fsp3) is 0.583. The molecule has 0 unspecified atom stereocenters. The number of rotatable bonds is 5. The number of hydrogen-bond donors (Lipinski definition) is 1. The topological polar surface area (TPSA) is 79.7 Å². The van der Waals surface area contributed by atoms with Crippen LogP contribution in [0.15, 0.2) is 23.0 Å². The van der Waals surface area contributed by atoms with Crippen LogP contribution in [0.2, 0.25) is 0 Å². The zero-order valence-corrected chi connectivity index (χ0v) is 19.4. The largest absolute Gasteiger partial charge is 0.321 e. The summed E-state index contributed by atoms with van der Waals surface area (Å²) in [6.45, 7) is 12.4. The minimum atomic E-state index is -0.270. The Hall–Kier alpha value is -2.54. The lowest BCUT2D eigenvalue weighted by Gasteiger charge is -2.32. The molecule has 3 aromatic rings. The molecule has 4 rings (SSSR count). The van der Waals surface area contributed by atoms with Crippen molar-refractivity contribution < 1.29 is 0 Å². The van der Waals surface area contributed by atoms with Gasteiger partial charge in [0.15, 0.2) is 5.82 Å². The van der Waals surface area contributed by atoms with Crippen molar-refractivity contribution in [2.45, 2.75) is 78.3 Å². The third-order valence-electron chi connectivity index (χ3n) is 6.80. The summed E-state index contributed by atoms with van der Waals surface area (Å²) in [6.07, 6.45) is 5.59. The van der Waals surface area contributed by atoms with Gasteiger partial charge in [0.1, 0.15) is 6.04 Å². The molecule has 1 N–H and O–H groups in total. The fourth-order valence-corrected chi connectivity index (χ4v) is 4.70. The highest BCUT2D eigenvalue weighted by molar-refractivity contribution is 5.83. The van der Waals surface area contributed by atoms with Crippen LogP contribution in [0.1, 0.15) is 81.4 Å². The predicted molar refractivity (Wildman–Crippen MR) is 123 cm³/mol. The Kier molecular flexibility index (Phi) is 5.97. The first-order valence-corrected chi connectivity index (χ1v) is 11.5. The number of aromatic nitrogens is 5. The first-order chi connectivity index (χ1) is 14.8. The number of aryl methyl sites for hydroxylation is 2. The van der Waals surface area contributed by atoms with Crippen molar-refractivity contribution in [3.05, 3.63) is 51.1 Å². The van der Waals surface area contributed by atoms with E-state index >= 15 is 0 Å². The molecule has 2 aromatic heterocycles. The van der Waals surface area contributed by atoms with Gasteiger partial charge in [-0.15, -0.1) is 5.10 Å². The van der Waals surface area contributed by atoms with Gasteiger partial charge in [-0.3, -0.25) is 9.69 Å². The monoisotopic (exact) mass is 422 g/mol. The van der Waals surface area contributed by atoms with Crippen LogP contribution in [0.25, 0.3) is 10.9 Å². The number of nitrogens with zero attached hydrogens (tertiary/aromatic N) is 5. The fourth-order valence-electron chi connectivity index (χ4n) is 4.70. The van der Waals surface area contributed by atoms with Crippen LogP contribution < -0.4 is 5.56 Å². The van der Waals surface area contributed by atoms with Gasteiger partial charge in [-0.05, 0) is 93.6 Å². The van der Waals surface area contributed by atoms with Crippen LogP contribution in [0.3, 0.4) is 0 Å². The van der Waals surface area contributed by atoms with Gasteiger partial charge in [0.05, 0.1) is 11.1 Å². The van der Waals surface area contributed by atoms with E-state index in [4.69, 9.17) is 0 Å². The molecular formula is C24H34N6O. The lowest BCUT2D eigenvalue weighted by atomic mass is 9.98. The molecule has 1 aliphatic rings. The van der Waals surface area contributed by atoms with E-state index in [1.165, 1.54) is 18.4 Å². The minimum absolute atomic E-state index is 0.0578. The normalized spacial score (nSPS) is 17.1. The van der Waals surface area contributed by atoms with Crippen molar-refractivity contribution in [2.24, 2.45) is 0 Å². The highest BCUT2D eigenvalue weighted by Gasteiger charge is 2.34. The molecule has 1 atom stereocenters. The van der Waals surface area contributed by atoms with Gasteiger partial charge in [0.2, 0.25) is 0 Å². The Morgan fingerprint density at radius 2 is 1.81 bits per heavy atom. The molecule has 166 valence electrons. The van der Waals surface area contributed by atoms with Crippen molar-refractivity contribution in [1.82, 2.24) is 30.1 Å². The van der Waals surface area contributed by atoms with Crippen LogP contribution in [-0.2, 0) is 5.54 Å². The second kappa shape index (κ2) is 8.54. The number of pyridine rings is 1. The van der Waals surface area contributed by atoms with Crippen molar-refractivity contribution in [3.63, 3.8) is 0 Å². The third-order valence-corrected chi connectivity index (χ3v) is 6.80. The van der Waals surface area contributed by atoms with E-state index < -0.39 is 0 Å². The quantitative estimate of drug-likeness (QED) is 0.665. The average Bonchev–Trinajstić information content (AvgIpc) is 3.06. The second-order valence-electron chi connectivity index (χ2n) is 9.57.